The van der Waals surface area contributed by atoms with Crippen LogP contribution in [0.4, 0.5) is 0 Å². The van der Waals surface area contributed by atoms with Gasteiger partial charge in [0.25, 0.3) is 0 Å². The average molecular weight is 485 g/mol. The van der Waals surface area contributed by atoms with Crippen molar-refractivity contribution in [2.75, 3.05) is 6.26 Å². The van der Waals surface area contributed by atoms with Crippen molar-refractivity contribution in [1.82, 2.24) is 4.98 Å². The molecule has 0 aliphatic carbocycles. The zero-order valence-electron chi connectivity index (χ0n) is 20.0. The Kier molecular flexibility index (Phi) is 7.22. The SMILES string of the molecule is Cc1cc(C(CC(c2cccc(-c3ccc(S(C)(=O)=O)cc3)c2)c2ccccc2C)N=O)ccn1. The van der Waals surface area contributed by atoms with Gasteiger partial charge in [0.05, 0.1) is 4.90 Å². The number of hydrogen-bond acceptors (Lipinski definition) is 5. The first-order valence-electron chi connectivity index (χ1n) is 11.5. The van der Waals surface area contributed by atoms with E-state index in [-0.39, 0.29) is 5.92 Å². The van der Waals surface area contributed by atoms with E-state index in [0.717, 1.165) is 39.1 Å². The van der Waals surface area contributed by atoms with Crippen molar-refractivity contribution in [3.8, 4) is 11.1 Å². The summed E-state index contributed by atoms with van der Waals surface area (Å²) in [7, 11) is -3.25. The second-order valence-corrected chi connectivity index (χ2v) is 10.9. The quantitative estimate of drug-likeness (QED) is 0.258. The maximum absolute atomic E-state index is 12.0. The van der Waals surface area contributed by atoms with Gasteiger partial charge < -0.3 is 0 Å². The predicted octanol–water partition coefficient (Wildman–Crippen LogP) is 6.80. The van der Waals surface area contributed by atoms with Gasteiger partial charge in [-0.3, -0.25) is 4.98 Å². The molecule has 6 heteroatoms. The molecule has 3 aromatic carbocycles. The highest BCUT2D eigenvalue weighted by molar-refractivity contribution is 7.90. The Hall–Kier alpha value is -3.64. The highest BCUT2D eigenvalue weighted by atomic mass is 32.2. The molecule has 0 saturated heterocycles. The molecule has 35 heavy (non-hydrogen) atoms. The first kappa shape index (κ1) is 24.5. The number of aromatic nitrogens is 1. The summed E-state index contributed by atoms with van der Waals surface area (Å²) < 4.78 is 23.7. The van der Waals surface area contributed by atoms with Crippen LogP contribution in [0.3, 0.4) is 0 Å². The molecule has 4 rings (SSSR count). The van der Waals surface area contributed by atoms with Crippen LogP contribution in [0.1, 0.15) is 46.3 Å². The molecular formula is C29H28N2O3S. The van der Waals surface area contributed by atoms with Crippen molar-refractivity contribution in [2.45, 2.75) is 37.1 Å². The third-order valence-corrected chi connectivity index (χ3v) is 7.49. The number of nitroso groups, excluding NO2 is 1. The Labute approximate surface area is 206 Å². The summed E-state index contributed by atoms with van der Waals surface area (Å²) in [5.74, 6) is -0.0531. The minimum Gasteiger partial charge on any atom is -0.262 e. The van der Waals surface area contributed by atoms with Crippen molar-refractivity contribution < 1.29 is 8.42 Å². The number of aryl methyl sites for hydroxylation is 2. The van der Waals surface area contributed by atoms with Crippen molar-refractivity contribution in [1.29, 1.82) is 0 Å². The summed E-state index contributed by atoms with van der Waals surface area (Å²) in [6.45, 7) is 3.98. The molecule has 0 bridgehead atoms. The van der Waals surface area contributed by atoms with E-state index in [4.69, 9.17) is 0 Å². The standard InChI is InChI=1S/C29H28N2O3S/c1-20-7-4-5-10-27(20)28(19-29(31-32)25-15-16-30-21(2)17-25)24-9-6-8-23(18-24)22-11-13-26(14-12-22)35(3,33)34/h4-18,28-29H,19H2,1-3H3. The van der Waals surface area contributed by atoms with E-state index in [1.807, 2.05) is 55.5 Å². The molecule has 5 nitrogen and oxygen atoms in total. The fourth-order valence-corrected chi connectivity index (χ4v) is 5.12. The fourth-order valence-electron chi connectivity index (χ4n) is 4.49. The van der Waals surface area contributed by atoms with Crippen molar-refractivity contribution in [3.05, 3.63) is 124 Å². The van der Waals surface area contributed by atoms with Gasteiger partial charge in [-0.1, -0.05) is 65.8 Å². The summed E-state index contributed by atoms with van der Waals surface area (Å²) in [6, 6.07) is 26.6. The monoisotopic (exact) mass is 484 g/mol. The van der Waals surface area contributed by atoms with E-state index in [1.165, 1.54) is 6.26 Å². The average Bonchev–Trinajstić information content (AvgIpc) is 2.85. The summed E-state index contributed by atoms with van der Waals surface area (Å²) in [4.78, 5) is 16.5. The zero-order valence-corrected chi connectivity index (χ0v) is 20.9. The lowest BCUT2D eigenvalue weighted by Gasteiger charge is -2.23. The zero-order chi connectivity index (χ0) is 25.0. The van der Waals surface area contributed by atoms with Crippen LogP contribution in [0.2, 0.25) is 0 Å². The summed E-state index contributed by atoms with van der Waals surface area (Å²) in [5.41, 5.74) is 6.99. The molecule has 4 aromatic rings. The van der Waals surface area contributed by atoms with E-state index in [0.29, 0.717) is 11.3 Å². The molecule has 2 unspecified atom stereocenters. The molecular weight excluding hydrogens is 456 g/mol. The molecule has 2 atom stereocenters. The molecule has 178 valence electrons. The molecule has 0 aliphatic heterocycles. The minimum absolute atomic E-state index is 0.0531. The highest BCUT2D eigenvalue weighted by Gasteiger charge is 2.24. The van der Waals surface area contributed by atoms with Gasteiger partial charge in [-0.05, 0) is 77.9 Å². The van der Waals surface area contributed by atoms with Crippen molar-refractivity contribution in [3.63, 3.8) is 0 Å². The molecule has 0 radical (unpaired) electrons. The maximum Gasteiger partial charge on any atom is 0.175 e. The van der Waals surface area contributed by atoms with Gasteiger partial charge in [0.1, 0.15) is 6.04 Å². The van der Waals surface area contributed by atoms with Gasteiger partial charge in [-0.15, -0.1) is 0 Å². The molecule has 0 aliphatic rings. The van der Waals surface area contributed by atoms with Crippen LogP contribution in [0, 0.1) is 18.8 Å². The summed E-state index contributed by atoms with van der Waals surface area (Å²) >= 11 is 0. The molecule has 0 N–H and O–H groups in total. The molecule has 0 amide bonds. The van der Waals surface area contributed by atoms with E-state index >= 15 is 0 Å². The largest absolute Gasteiger partial charge is 0.262 e. The summed E-state index contributed by atoms with van der Waals surface area (Å²) in [5, 5.41) is 3.50. The Morgan fingerprint density at radius 2 is 1.57 bits per heavy atom. The van der Waals surface area contributed by atoms with Crippen LogP contribution in [0.25, 0.3) is 11.1 Å². The lowest BCUT2D eigenvalue weighted by molar-refractivity contribution is 0.592. The van der Waals surface area contributed by atoms with Crippen LogP contribution >= 0.6 is 0 Å². The first-order chi connectivity index (χ1) is 16.8. The van der Waals surface area contributed by atoms with E-state index in [9.17, 15) is 13.3 Å². The number of rotatable bonds is 8. The number of benzene rings is 3. The van der Waals surface area contributed by atoms with Gasteiger partial charge in [-0.2, -0.15) is 4.91 Å². The first-order valence-corrected chi connectivity index (χ1v) is 13.4. The number of pyridine rings is 1. The molecule has 0 spiro atoms. The second-order valence-electron chi connectivity index (χ2n) is 8.92. The predicted molar refractivity (Wildman–Crippen MR) is 140 cm³/mol. The van der Waals surface area contributed by atoms with Crippen LogP contribution in [0.5, 0.6) is 0 Å². The third kappa shape index (κ3) is 5.72. The second kappa shape index (κ2) is 10.3. The van der Waals surface area contributed by atoms with E-state index < -0.39 is 15.9 Å². The summed E-state index contributed by atoms with van der Waals surface area (Å²) in [6.07, 6.45) is 3.44. The van der Waals surface area contributed by atoms with Crippen molar-refractivity contribution >= 4 is 9.84 Å². The van der Waals surface area contributed by atoms with Crippen LogP contribution in [-0.4, -0.2) is 19.7 Å². The number of hydrogen-bond donors (Lipinski definition) is 0. The molecule has 0 fully saturated rings. The molecule has 0 saturated carbocycles. The van der Waals surface area contributed by atoms with Gasteiger partial charge in [-0.25, -0.2) is 8.42 Å². The van der Waals surface area contributed by atoms with E-state index in [1.54, 1.807) is 18.3 Å². The molecule has 1 aromatic heterocycles. The van der Waals surface area contributed by atoms with Crippen molar-refractivity contribution in [2.24, 2.45) is 5.18 Å². The third-order valence-electron chi connectivity index (χ3n) is 6.36. The van der Waals surface area contributed by atoms with Crippen LogP contribution < -0.4 is 0 Å². The van der Waals surface area contributed by atoms with E-state index in [2.05, 4.69) is 41.4 Å². The van der Waals surface area contributed by atoms with Gasteiger partial charge in [0.2, 0.25) is 0 Å². The van der Waals surface area contributed by atoms with Gasteiger partial charge in [0, 0.05) is 24.1 Å². The number of sulfone groups is 1. The Balaban J connectivity index is 1.76. The fraction of sp³-hybridized carbons (Fsp3) is 0.207. The Morgan fingerprint density at radius 3 is 2.23 bits per heavy atom. The lowest BCUT2D eigenvalue weighted by atomic mass is 9.82. The Bertz CT molecular complexity index is 1450. The normalized spacial score (nSPS) is 13.2. The van der Waals surface area contributed by atoms with Crippen LogP contribution in [0.15, 0.2) is 101 Å². The van der Waals surface area contributed by atoms with Crippen LogP contribution in [-0.2, 0) is 9.84 Å². The molecule has 1 heterocycles. The lowest BCUT2D eigenvalue weighted by Crippen LogP contribution is -2.09. The minimum atomic E-state index is -3.25. The van der Waals surface area contributed by atoms with Gasteiger partial charge in [0.15, 0.2) is 9.84 Å². The number of nitrogens with zero attached hydrogens (tertiary/aromatic N) is 2. The Morgan fingerprint density at radius 1 is 0.829 bits per heavy atom. The highest BCUT2D eigenvalue weighted by Crippen LogP contribution is 2.38. The smallest absolute Gasteiger partial charge is 0.175 e. The maximum atomic E-state index is 12.0. The topological polar surface area (TPSA) is 76.5 Å². The van der Waals surface area contributed by atoms with Gasteiger partial charge >= 0.3 is 0 Å².